The molecule has 0 aromatic rings. The van der Waals surface area contributed by atoms with Crippen LogP contribution in [0.4, 0.5) is 0 Å². The van der Waals surface area contributed by atoms with Gasteiger partial charge in [0.1, 0.15) is 12.4 Å². The van der Waals surface area contributed by atoms with E-state index in [1.54, 1.807) is 6.92 Å². The summed E-state index contributed by atoms with van der Waals surface area (Å²) in [7, 11) is -3.89. The molecule has 0 aliphatic rings. The van der Waals surface area contributed by atoms with Gasteiger partial charge in [-0.05, 0) is 19.4 Å². The SMILES string of the molecule is CC=C(O)COCCCS(=O)(=O)O.[H-].[Na+]. The molecule has 0 saturated heterocycles. The first-order valence-corrected chi connectivity index (χ1v) is 5.43. The zero-order valence-electron chi connectivity index (χ0n) is 9.43. The molecule has 0 bridgehead atoms. The van der Waals surface area contributed by atoms with Crippen molar-refractivity contribution in [3.63, 3.8) is 0 Å². The zero-order valence-corrected chi connectivity index (χ0v) is 11.2. The Morgan fingerprint density at radius 3 is 2.57 bits per heavy atom. The van der Waals surface area contributed by atoms with Crippen molar-refractivity contribution in [1.82, 2.24) is 0 Å². The zero-order chi connectivity index (χ0) is 10.3. The van der Waals surface area contributed by atoms with Crippen molar-refractivity contribution in [3.05, 3.63) is 11.8 Å². The van der Waals surface area contributed by atoms with E-state index in [1.165, 1.54) is 6.08 Å². The molecule has 0 atom stereocenters. The van der Waals surface area contributed by atoms with E-state index >= 15 is 0 Å². The number of aliphatic hydroxyl groups excluding tert-OH is 1. The molecule has 0 fully saturated rings. The number of rotatable bonds is 6. The summed E-state index contributed by atoms with van der Waals surface area (Å²) in [6.07, 6.45) is 1.71. The average molecular weight is 234 g/mol. The number of hydrogen-bond donors (Lipinski definition) is 2. The summed E-state index contributed by atoms with van der Waals surface area (Å²) < 4.78 is 33.7. The molecule has 2 N–H and O–H groups in total. The molecule has 0 aromatic heterocycles. The van der Waals surface area contributed by atoms with Gasteiger partial charge in [0.05, 0.1) is 5.75 Å². The molecular weight excluding hydrogens is 219 g/mol. The third kappa shape index (κ3) is 12.4. The maximum absolute atomic E-state index is 10.2. The van der Waals surface area contributed by atoms with Crippen LogP contribution in [0.2, 0.25) is 0 Å². The van der Waals surface area contributed by atoms with Gasteiger partial charge in [0.25, 0.3) is 10.1 Å². The molecule has 0 aliphatic heterocycles. The maximum Gasteiger partial charge on any atom is 1.00 e. The van der Waals surface area contributed by atoms with E-state index in [1.807, 2.05) is 0 Å². The van der Waals surface area contributed by atoms with E-state index < -0.39 is 10.1 Å². The molecule has 0 aliphatic carbocycles. The fourth-order valence-electron chi connectivity index (χ4n) is 0.603. The van der Waals surface area contributed by atoms with Gasteiger partial charge >= 0.3 is 29.6 Å². The molecule has 0 aromatic carbocycles. The summed E-state index contributed by atoms with van der Waals surface area (Å²) in [5, 5.41) is 8.89. The molecular formula is C7H15NaO5S. The van der Waals surface area contributed by atoms with Gasteiger partial charge < -0.3 is 11.3 Å². The number of aliphatic hydroxyl groups is 1. The normalized spacial score (nSPS) is 12.3. The van der Waals surface area contributed by atoms with Gasteiger partial charge in [0.15, 0.2) is 0 Å². The van der Waals surface area contributed by atoms with Crippen LogP contribution in [0.25, 0.3) is 0 Å². The Bertz CT molecular complexity index is 265. The minimum absolute atomic E-state index is 0. The number of ether oxygens (including phenoxy) is 1. The van der Waals surface area contributed by atoms with Crippen molar-refractivity contribution in [2.45, 2.75) is 13.3 Å². The van der Waals surface area contributed by atoms with Gasteiger partial charge in [-0.3, -0.25) is 4.55 Å². The van der Waals surface area contributed by atoms with Crippen LogP contribution >= 0.6 is 0 Å². The molecule has 0 unspecified atom stereocenters. The quantitative estimate of drug-likeness (QED) is 0.237. The Labute approximate surface area is 108 Å². The first-order valence-electron chi connectivity index (χ1n) is 3.83. The van der Waals surface area contributed by atoms with Gasteiger partial charge in [-0.1, -0.05) is 0 Å². The van der Waals surface area contributed by atoms with Gasteiger partial charge in [-0.15, -0.1) is 0 Å². The van der Waals surface area contributed by atoms with Crippen molar-refractivity contribution in [2.75, 3.05) is 19.0 Å². The summed E-state index contributed by atoms with van der Waals surface area (Å²) in [6, 6.07) is 0. The van der Waals surface area contributed by atoms with Gasteiger partial charge in [0, 0.05) is 6.61 Å². The molecule has 0 amide bonds. The van der Waals surface area contributed by atoms with Gasteiger partial charge in [-0.25, -0.2) is 0 Å². The van der Waals surface area contributed by atoms with E-state index in [0.29, 0.717) is 0 Å². The molecule has 5 nitrogen and oxygen atoms in total. The molecule has 0 heterocycles. The fourth-order valence-corrected chi connectivity index (χ4v) is 1.09. The Morgan fingerprint density at radius 1 is 1.57 bits per heavy atom. The van der Waals surface area contributed by atoms with E-state index in [4.69, 9.17) is 14.4 Å². The van der Waals surface area contributed by atoms with E-state index in [2.05, 4.69) is 0 Å². The molecule has 7 heteroatoms. The monoisotopic (exact) mass is 234 g/mol. The Kier molecular flexibility index (Phi) is 10.5. The van der Waals surface area contributed by atoms with Crippen molar-refractivity contribution < 1.29 is 53.8 Å². The molecule has 0 spiro atoms. The Hall–Kier alpha value is 0.410. The second kappa shape index (κ2) is 8.70. The molecule has 14 heavy (non-hydrogen) atoms. The van der Waals surface area contributed by atoms with Crippen LogP contribution in [0.3, 0.4) is 0 Å². The minimum atomic E-state index is -3.89. The average Bonchev–Trinajstić information content (AvgIpc) is 2.01. The predicted octanol–water partition coefficient (Wildman–Crippen LogP) is -2.14. The Morgan fingerprint density at radius 2 is 2.14 bits per heavy atom. The summed E-state index contributed by atoms with van der Waals surface area (Å²) in [5.41, 5.74) is 0. The van der Waals surface area contributed by atoms with Crippen molar-refractivity contribution >= 4 is 10.1 Å². The number of allylic oxidation sites excluding steroid dienone is 1. The second-order valence-electron chi connectivity index (χ2n) is 2.47. The fraction of sp³-hybridized carbons (Fsp3) is 0.714. The third-order valence-electron chi connectivity index (χ3n) is 1.27. The van der Waals surface area contributed by atoms with Gasteiger partial charge in [-0.2, -0.15) is 8.42 Å². The van der Waals surface area contributed by atoms with Crippen LogP contribution in [-0.4, -0.2) is 37.0 Å². The summed E-state index contributed by atoms with van der Waals surface area (Å²) in [4.78, 5) is 0. The topological polar surface area (TPSA) is 83.8 Å². The molecule has 0 rings (SSSR count). The van der Waals surface area contributed by atoms with Crippen molar-refractivity contribution in [3.8, 4) is 0 Å². The van der Waals surface area contributed by atoms with E-state index in [0.717, 1.165) is 0 Å². The summed E-state index contributed by atoms with van der Waals surface area (Å²) in [6.45, 7) is 1.93. The molecule has 80 valence electrons. The van der Waals surface area contributed by atoms with Crippen molar-refractivity contribution in [2.24, 2.45) is 0 Å². The number of hydrogen-bond acceptors (Lipinski definition) is 4. The van der Waals surface area contributed by atoms with Crippen molar-refractivity contribution in [1.29, 1.82) is 0 Å². The van der Waals surface area contributed by atoms with E-state index in [-0.39, 0.29) is 62.1 Å². The predicted molar refractivity (Wildman–Crippen MR) is 49.3 cm³/mol. The minimum Gasteiger partial charge on any atom is -1.00 e. The standard InChI is InChI=1S/C7H14O5S.Na.H/c1-2-7(8)6-12-4-3-5-13(9,10)11;;/h2,8H,3-6H2,1H3,(H,9,10,11);;/q;+1;-1. The summed E-state index contributed by atoms with van der Waals surface area (Å²) >= 11 is 0. The van der Waals surface area contributed by atoms with Crippen LogP contribution < -0.4 is 29.6 Å². The van der Waals surface area contributed by atoms with Crippen LogP contribution in [0.5, 0.6) is 0 Å². The Balaban J connectivity index is -0.000000720. The van der Waals surface area contributed by atoms with E-state index in [9.17, 15) is 8.42 Å². The van der Waals surface area contributed by atoms with Crippen LogP contribution in [-0.2, 0) is 14.9 Å². The maximum atomic E-state index is 10.2. The first-order chi connectivity index (χ1) is 5.95. The molecule has 0 saturated carbocycles. The van der Waals surface area contributed by atoms with Crippen LogP contribution in [0.15, 0.2) is 11.8 Å². The summed E-state index contributed by atoms with van der Waals surface area (Å²) in [5.74, 6) is -0.212. The molecule has 0 radical (unpaired) electrons. The first kappa shape index (κ1) is 16.8. The van der Waals surface area contributed by atoms with Crippen LogP contribution in [0.1, 0.15) is 14.8 Å². The smallest absolute Gasteiger partial charge is 1.00 e. The third-order valence-corrected chi connectivity index (χ3v) is 2.08. The second-order valence-corrected chi connectivity index (χ2v) is 4.04. The van der Waals surface area contributed by atoms with Gasteiger partial charge in [0.2, 0.25) is 0 Å². The largest absolute Gasteiger partial charge is 1.00 e. The van der Waals surface area contributed by atoms with Crippen LogP contribution in [0, 0.1) is 0 Å².